The van der Waals surface area contributed by atoms with Gasteiger partial charge in [-0.3, -0.25) is 4.79 Å². The van der Waals surface area contributed by atoms with Gasteiger partial charge in [0, 0.05) is 25.0 Å². The van der Waals surface area contributed by atoms with E-state index in [4.69, 9.17) is 9.47 Å². The lowest BCUT2D eigenvalue weighted by Gasteiger charge is -2.32. The molecular weight excluding hydrogens is 296 g/mol. The summed E-state index contributed by atoms with van der Waals surface area (Å²) in [7, 11) is 1.51. The lowest BCUT2D eigenvalue weighted by atomic mass is 10.1. The molecule has 1 aliphatic rings. The molecule has 3 heterocycles. The Kier molecular flexibility index (Phi) is 4.65. The maximum Gasteiger partial charge on any atom is 0.259 e. The fraction of sp³-hybridized carbons (Fsp3) is 0.375. The molecule has 1 aliphatic heterocycles. The van der Waals surface area contributed by atoms with Crippen molar-refractivity contribution in [1.82, 2.24) is 19.9 Å². The number of ether oxygens (including phenoxy) is 2. The molecule has 0 N–H and O–H groups in total. The zero-order valence-electron chi connectivity index (χ0n) is 12.9. The summed E-state index contributed by atoms with van der Waals surface area (Å²) in [6.45, 7) is 1.21. The van der Waals surface area contributed by atoms with Crippen LogP contribution in [0.2, 0.25) is 0 Å². The van der Waals surface area contributed by atoms with Gasteiger partial charge >= 0.3 is 0 Å². The van der Waals surface area contributed by atoms with Gasteiger partial charge in [-0.1, -0.05) is 0 Å². The van der Waals surface area contributed by atoms with E-state index in [1.54, 1.807) is 35.5 Å². The van der Waals surface area contributed by atoms with Crippen LogP contribution in [0.4, 0.5) is 0 Å². The van der Waals surface area contributed by atoms with Crippen LogP contribution in [0.15, 0.2) is 36.9 Å². The minimum absolute atomic E-state index is 0.0785. The number of carbonyl (C=O) groups excluding carboxylic acids is 1. The molecule has 0 radical (unpaired) electrons. The van der Waals surface area contributed by atoms with Crippen molar-refractivity contribution in [1.29, 1.82) is 0 Å². The molecule has 1 amide bonds. The summed E-state index contributed by atoms with van der Waals surface area (Å²) >= 11 is 0. The van der Waals surface area contributed by atoms with Gasteiger partial charge in [0.05, 0.1) is 13.7 Å². The van der Waals surface area contributed by atoms with E-state index in [-0.39, 0.29) is 12.0 Å². The van der Waals surface area contributed by atoms with Crippen LogP contribution in [0.1, 0.15) is 23.2 Å². The van der Waals surface area contributed by atoms with Crippen LogP contribution in [0.25, 0.3) is 0 Å². The molecule has 0 aromatic carbocycles. The standard InChI is InChI=1S/C16H18N4O3/c1-22-15-13(5-2-7-18-15)16(21)20-9-3-4-12(10-20)23-14-6-8-17-11-19-14/h2,5-8,11-12H,3-4,9-10H2,1H3/t12-/m0/s1. The van der Waals surface area contributed by atoms with Gasteiger partial charge in [0.2, 0.25) is 11.8 Å². The molecule has 120 valence electrons. The number of likely N-dealkylation sites (tertiary alicyclic amines) is 1. The second-order valence-corrected chi connectivity index (χ2v) is 5.24. The van der Waals surface area contributed by atoms with Gasteiger partial charge in [0.1, 0.15) is 18.0 Å². The molecular formula is C16H18N4O3. The first-order valence-corrected chi connectivity index (χ1v) is 7.49. The monoisotopic (exact) mass is 314 g/mol. The molecule has 0 saturated carbocycles. The van der Waals surface area contributed by atoms with Crippen molar-refractivity contribution in [2.24, 2.45) is 0 Å². The Morgan fingerprint density at radius 3 is 3.00 bits per heavy atom. The lowest BCUT2D eigenvalue weighted by molar-refractivity contribution is 0.0524. The van der Waals surface area contributed by atoms with E-state index < -0.39 is 0 Å². The molecule has 1 saturated heterocycles. The van der Waals surface area contributed by atoms with Crippen molar-refractivity contribution in [3.8, 4) is 11.8 Å². The summed E-state index contributed by atoms with van der Waals surface area (Å²) in [5.41, 5.74) is 0.470. The van der Waals surface area contributed by atoms with Crippen LogP contribution in [0.3, 0.4) is 0 Å². The SMILES string of the molecule is COc1ncccc1C(=O)N1CCC[C@H](Oc2ccncn2)C1. The second-order valence-electron chi connectivity index (χ2n) is 5.24. The predicted molar refractivity (Wildman–Crippen MR) is 82.4 cm³/mol. The predicted octanol–water partition coefficient (Wildman–Crippen LogP) is 1.56. The van der Waals surface area contributed by atoms with Gasteiger partial charge in [-0.15, -0.1) is 0 Å². The van der Waals surface area contributed by atoms with Gasteiger partial charge in [-0.25, -0.2) is 15.0 Å². The summed E-state index contributed by atoms with van der Waals surface area (Å²) < 4.78 is 11.0. The molecule has 3 rings (SSSR count). The van der Waals surface area contributed by atoms with Gasteiger partial charge in [0.15, 0.2) is 0 Å². The van der Waals surface area contributed by atoms with Gasteiger partial charge < -0.3 is 14.4 Å². The number of nitrogens with zero attached hydrogens (tertiary/aromatic N) is 4. The Morgan fingerprint density at radius 2 is 2.22 bits per heavy atom. The van der Waals surface area contributed by atoms with Crippen LogP contribution in [0.5, 0.6) is 11.8 Å². The molecule has 7 nitrogen and oxygen atoms in total. The van der Waals surface area contributed by atoms with Crippen molar-refractivity contribution < 1.29 is 14.3 Å². The molecule has 0 spiro atoms. The number of pyridine rings is 1. The minimum Gasteiger partial charge on any atom is -0.480 e. The highest BCUT2D eigenvalue weighted by molar-refractivity contribution is 5.96. The Bertz CT molecular complexity index is 665. The van der Waals surface area contributed by atoms with Crippen LogP contribution >= 0.6 is 0 Å². The zero-order valence-corrected chi connectivity index (χ0v) is 12.9. The summed E-state index contributed by atoms with van der Waals surface area (Å²) in [5.74, 6) is 0.778. The van der Waals surface area contributed by atoms with E-state index in [1.807, 2.05) is 0 Å². The number of aromatic nitrogens is 3. The van der Waals surface area contributed by atoms with E-state index in [2.05, 4.69) is 15.0 Å². The average molecular weight is 314 g/mol. The number of amides is 1. The summed E-state index contributed by atoms with van der Waals surface area (Å²) in [6, 6.07) is 5.17. The highest BCUT2D eigenvalue weighted by Gasteiger charge is 2.27. The number of methoxy groups -OCH3 is 1. The van der Waals surface area contributed by atoms with Gasteiger partial charge in [0.25, 0.3) is 5.91 Å². The van der Waals surface area contributed by atoms with Crippen molar-refractivity contribution in [3.63, 3.8) is 0 Å². The Hall–Kier alpha value is -2.70. The molecule has 2 aromatic heterocycles. The molecule has 0 unspecified atom stereocenters. The van der Waals surface area contributed by atoms with Crippen LogP contribution in [0, 0.1) is 0 Å². The molecule has 0 aliphatic carbocycles. The van der Waals surface area contributed by atoms with Crippen LogP contribution in [-0.2, 0) is 0 Å². The van der Waals surface area contributed by atoms with E-state index in [0.29, 0.717) is 30.4 Å². The third-order valence-corrected chi connectivity index (χ3v) is 3.70. The third kappa shape index (κ3) is 3.56. The van der Waals surface area contributed by atoms with E-state index in [1.165, 1.54) is 13.4 Å². The normalized spacial score (nSPS) is 17.6. The quantitative estimate of drug-likeness (QED) is 0.852. The topological polar surface area (TPSA) is 77.4 Å². The summed E-state index contributed by atoms with van der Waals surface area (Å²) in [4.78, 5) is 26.5. The molecule has 1 atom stereocenters. The highest BCUT2D eigenvalue weighted by atomic mass is 16.5. The maximum absolute atomic E-state index is 12.7. The number of rotatable bonds is 4. The van der Waals surface area contributed by atoms with Crippen molar-refractivity contribution >= 4 is 5.91 Å². The van der Waals surface area contributed by atoms with E-state index >= 15 is 0 Å². The number of piperidine rings is 1. The smallest absolute Gasteiger partial charge is 0.259 e. The van der Waals surface area contributed by atoms with Crippen molar-refractivity contribution in [2.45, 2.75) is 18.9 Å². The zero-order chi connectivity index (χ0) is 16.1. The van der Waals surface area contributed by atoms with Gasteiger partial charge in [-0.05, 0) is 25.0 Å². The lowest BCUT2D eigenvalue weighted by Crippen LogP contribution is -2.44. The largest absolute Gasteiger partial charge is 0.480 e. The van der Waals surface area contributed by atoms with Crippen molar-refractivity contribution in [3.05, 3.63) is 42.5 Å². The Morgan fingerprint density at radius 1 is 1.30 bits per heavy atom. The van der Waals surface area contributed by atoms with Crippen LogP contribution < -0.4 is 9.47 Å². The molecule has 1 fully saturated rings. The van der Waals surface area contributed by atoms with Gasteiger partial charge in [-0.2, -0.15) is 0 Å². The highest BCUT2D eigenvalue weighted by Crippen LogP contribution is 2.21. The van der Waals surface area contributed by atoms with E-state index in [0.717, 1.165) is 12.8 Å². The second kappa shape index (κ2) is 7.04. The minimum atomic E-state index is -0.0917. The Balaban J connectivity index is 1.69. The summed E-state index contributed by atoms with van der Waals surface area (Å²) in [5, 5.41) is 0. The molecule has 2 aromatic rings. The first-order chi connectivity index (χ1) is 11.3. The average Bonchev–Trinajstić information content (AvgIpc) is 2.62. The molecule has 23 heavy (non-hydrogen) atoms. The van der Waals surface area contributed by atoms with Crippen LogP contribution in [-0.4, -0.2) is 52.1 Å². The molecule has 7 heteroatoms. The fourth-order valence-corrected chi connectivity index (χ4v) is 2.62. The summed E-state index contributed by atoms with van der Waals surface area (Å²) in [6.07, 6.45) is 6.37. The molecule has 0 bridgehead atoms. The number of hydrogen-bond acceptors (Lipinski definition) is 6. The van der Waals surface area contributed by atoms with Crippen molar-refractivity contribution in [2.75, 3.05) is 20.2 Å². The number of hydrogen-bond donors (Lipinski definition) is 0. The maximum atomic E-state index is 12.7. The fourth-order valence-electron chi connectivity index (χ4n) is 2.62. The van der Waals surface area contributed by atoms with E-state index in [9.17, 15) is 4.79 Å². The third-order valence-electron chi connectivity index (χ3n) is 3.70. The number of carbonyl (C=O) groups is 1. The first-order valence-electron chi connectivity index (χ1n) is 7.49. The first kappa shape index (κ1) is 15.2. The Labute approximate surface area is 134 Å².